The van der Waals surface area contributed by atoms with Gasteiger partial charge in [-0.2, -0.15) is 5.26 Å². The van der Waals surface area contributed by atoms with Crippen LogP contribution in [-0.2, 0) is 0 Å². The first kappa shape index (κ1) is 17.6. The third kappa shape index (κ3) is 3.41. The van der Waals surface area contributed by atoms with Crippen LogP contribution in [-0.4, -0.2) is 17.9 Å². The number of hydrogen-bond donors (Lipinski definition) is 0. The van der Waals surface area contributed by atoms with E-state index in [1.54, 1.807) is 31.4 Å². The minimum atomic E-state index is -0.715. The molecule has 0 spiro atoms. The molecular formula is C20H12ClFN2O2. The Morgan fingerprint density at radius 1 is 1.27 bits per heavy atom. The van der Waals surface area contributed by atoms with E-state index in [-0.39, 0.29) is 16.3 Å². The van der Waals surface area contributed by atoms with E-state index < -0.39 is 11.6 Å². The molecule has 26 heavy (non-hydrogen) atoms. The third-order valence-electron chi connectivity index (χ3n) is 3.79. The summed E-state index contributed by atoms with van der Waals surface area (Å²) < 4.78 is 19.0. The van der Waals surface area contributed by atoms with Crippen LogP contribution in [0, 0.1) is 17.1 Å². The summed E-state index contributed by atoms with van der Waals surface area (Å²) in [4.78, 5) is 16.7. The summed E-state index contributed by atoms with van der Waals surface area (Å²) in [5.41, 5.74) is 0.619. The average Bonchev–Trinajstić information content (AvgIpc) is 2.65. The zero-order chi connectivity index (χ0) is 18.7. The molecule has 0 saturated heterocycles. The maximum absolute atomic E-state index is 13.8. The second kappa shape index (κ2) is 7.34. The molecule has 0 aliphatic heterocycles. The highest BCUT2D eigenvalue weighted by Crippen LogP contribution is 2.26. The van der Waals surface area contributed by atoms with Crippen molar-refractivity contribution in [2.75, 3.05) is 7.11 Å². The zero-order valence-corrected chi connectivity index (χ0v) is 14.4. The van der Waals surface area contributed by atoms with Crippen LogP contribution in [0.2, 0.25) is 5.15 Å². The van der Waals surface area contributed by atoms with E-state index in [0.717, 1.165) is 5.39 Å². The number of ether oxygens (including phenoxy) is 1. The van der Waals surface area contributed by atoms with Crippen LogP contribution in [0.15, 0.2) is 54.1 Å². The number of hydrogen-bond acceptors (Lipinski definition) is 4. The van der Waals surface area contributed by atoms with E-state index in [0.29, 0.717) is 16.8 Å². The fourth-order valence-electron chi connectivity index (χ4n) is 2.47. The number of halogens is 2. The highest BCUT2D eigenvalue weighted by Gasteiger charge is 2.17. The minimum Gasteiger partial charge on any atom is -0.497 e. The van der Waals surface area contributed by atoms with Gasteiger partial charge < -0.3 is 4.74 Å². The highest BCUT2D eigenvalue weighted by atomic mass is 35.5. The van der Waals surface area contributed by atoms with Gasteiger partial charge in [-0.25, -0.2) is 9.37 Å². The normalized spacial score (nSPS) is 11.2. The number of methoxy groups -OCH3 is 1. The van der Waals surface area contributed by atoms with Crippen LogP contribution in [0.5, 0.6) is 5.75 Å². The van der Waals surface area contributed by atoms with Gasteiger partial charge in [0.15, 0.2) is 0 Å². The van der Waals surface area contributed by atoms with Crippen molar-refractivity contribution >= 4 is 34.4 Å². The summed E-state index contributed by atoms with van der Waals surface area (Å²) in [5.74, 6) is -0.766. The van der Waals surface area contributed by atoms with Gasteiger partial charge in [0.1, 0.15) is 28.4 Å². The van der Waals surface area contributed by atoms with Crippen molar-refractivity contribution in [1.82, 2.24) is 4.98 Å². The first-order valence-corrected chi connectivity index (χ1v) is 7.96. The average molecular weight is 367 g/mol. The molecule has 0 N–H and O–H groups in total. The summed E-state index contributed by atoms with van der Waals surface area (Å²) in [5, 5.41) is 10.2. The number of aromatic nitrogens is 1. The van der Waals surface area contributed by atoms with Crippen LogP contribution in [0.25, 0.3) is 17.0 Å². The molecule has 1 heterocycles. The zero-order valence-electron chi connectivity index (χ0n) is 13.7. The SMILES string of the molecule is COc1ccc2nc(Cl)c(/C=C(\C#N)C(=O)c3ccccc3F)cc2c1. The van der Waals surface area contributed by atoms with Gasteiger partial charge in [0, 0.05) is 10.9 Å². The Labute approximate surface area is 154 Å². The third-order valence-corrected chi connectivity index (χ3v) is 4.09. The van der Waals surface area contributed by atoms with Crippen molar-refractivity contribution in [3.8, 4) is 11.8 Å². The van der Waals surface area contributed by atoms with Gasteiger partial charge >= 0.3 is 0 Å². The lowest BCUT2D eigenvalue weighted by molar-refractivity contribution is 0.103. The number of fused-ring (bicyclic) bond motifs is 1. The van der Waals surface area contributed by atoms with E-state index >= 15 is 0 Å². The number of allylic oxidation sites excluding steroid dienone is 1. The largest absolute Gasteiger partial charge is 0.497 e. The Kier molecular flexibility index (Phi) is 4.97. The molecular weight excluding hydrogens is 355 g/mol. The van der Waals surface area contributed by atoms with Crippen molar-refractivity contribution < 1.29 is 13.9 Å². The molecule has 128 valence electrons. The lowest BCUT2D eigenvalue weighted by atomic mass is 10.0. The van der Waals surface area contributed by atoms with E-state index in [2.05, 4.69) is 4.98 Å². The second-order valence-electron chi connectivity index (χ2n) is 5.41. The fourth-order valence-corrected chi connectivity index (χ4v) is 2.67. The Bertz CT molecular complexity index is 1090. The van der Waals surface area contributed by atoms with Gasteiger partial charge in [-0.3, -0.25) is 4.79 Å². The van der Waals surface area contributed by atoms with Gasteiger partial charge in [-0.05, 0) is 42.5 Å². The van der Waals surface area contributed by atoms with Crippen molar-refractivity contribution in [3.63, 3.8) is 0 Å². The number of Topliss-reactive ketones (excluding diaryl/α,β-unsaturated/α-hetero) is 1. The Hall–Kier alpha value is -3.23. The molecule has 0 saturated carbocycles. The van der Waals surface area contributed by atoms with E-state index in [1.807, 2.05) is 6.07 Å². The molecule has 0 unspecified atom stereocenters. The summed E-state index contributed by atoms with van der Waals surface area (Å²) in [6.45, 7) is 0. The van der Waals surface area contributed by atoms with Crippen molar-refractivity contribution in [2.24, 2.45) is 0 Å². The molecule has 6 heteroatoms. The standard InChI is InChI=1S/C20H12ClFN2O2/c1-26-15-6-7-18-12(10-15)8-13(20(21)24-18)9-14(11-23)19(25)16-4-2-3-5-17(16)22/h2-10H,1H3/b14-9+. The molecule has 1 aromatic heterocycles. The summed E-state index contributed by atoms with van der Waals surface area (Å²) in [6.07, 6.45) is 1.31. The predicted octanol–water partition coefficient (Wildman–Crippen LogP) is 4.83. The monoisotopic (exact) mass is 366 g/mol. The number of nitrogens with zero attached hydrogens (tertiary/aromatic N) is 2. The molecule has 0 amide bonds. The Morgan fingerprint density at radius 3 is 2.73 bits per heavy atom. The lowest BCUT2D eigenvalue weighted by Gasteiger charge is -2.06. The summed E-state index contributed by atoms with van der Waals surface area (Å²) in [6, 6.07) is 14.3. The molecule has 2 aromatic carbocycles. The molecule has 0 fully saturated rings. The number of nitriles is 1. The topological polar surface area (TPSA) is 63.0 Å². The summed E-state index contributed by atoms with van der Waals surface area (Å²) in [7, 11) is 1.55. The molecule has 0 atom stereocenters. The van der Waals surface area contributed by atoms with Gasteiger partial charge in [0.2, 0.25) is 5.78 Å². The van der Waals surface area contributed by atoms with Crippen molar-refractivity contribution in [3.05, 3.63) is 76.2 Å². The quantitative estimate of drug-likeness (QED) is 0.287. The molecule has 0 bridgehead atoms. The molecule has 3 aromatic rings. The lowest BCUT2D eigenvalue weighted by Crippen LogP contribution is -2.04. The number of benzene rings is 2. The maximum atomic E-state index is 13.8. The Morgan fingerprint density at radius 2 is 2.04 bits per heavy atom. The highest BCUT2D eigenvalue weighted by molar-refractivity contribution is 6.31. The second-order valence-corrected chi connectivity index (χ2v) is 5.76. The van der Waals surface area contributed by atoms with Crippen LogP contribution in [0.1, 0.15) is 15.9 Å². The van der Waals surface area contributed by atoms with Crippen molar-refractivity contribution in [2.45, 2.75) is 0 Å². The number of carbonyl (C=O) groups excluding carboxylic acids is 1. The number of ketones is 1. The van der Waals surface area contributed by atoms with Gasteiger partial charge in [0.25, 0.3) is 0 Å². The van der Waals surface area contributed by atoms with E-state index in [4.69, 9.17) is 16.3 Å². The molecule has 4 nitrogen and oxygen atoms in total. The fraction of sp³-hybridized carbons (Fsp3) is 0.0500. The molecule has 3 rings (SSSR count). The molecule has 0 aliphatic carbocycles. The van der Waals surface area contributed by atoms with Crippen LogP contribution < -0.4 is 4.74 Å². The first-order chi connectivity index (χ1) is 12.5. The maximum Gasteiger partial charge on any atom is 0.206 e. The minimum absolute atomic E-state index is 0.136. The van der Waals surface area contributed by atoms with Gasteiger partial charge in [-0.15, -0.1) is 0 Å². The smallest absolute Gasteiger partial charge is 0.206 e. The van der Waals surface area contributed by atoms with Crippen molar-refractivity contribution in [1.29, 1.82) is 5.26 Å². The Balaban J connectivity index is 2.09. The van der Waals surface area contributed by atoms with Crippen LogP contribution in [0.3, 0.4) is 0 Å². The van der Waals surface area contributed by atoms with Gasteiger partial charge in [0.05, 0.1) is 18.2 Å². The van der Waals surface area contributed by atoms with Crippen LogP contribution in [0.4, 0.5) is 4.39 Å². The predicted molar refractivity (Wildman–Crippen MR) is 97.6 cm³/mol. The summed E-state index contributed by atoms with van der Waals surface area (Å²) >= 11 is 6.18. The molecule has 0 radical (unpaired) electrons. The first-order valence-electron chi connectivity index (χ1n) is 7.59. The van der Waals surface area contributed by atoms with E-state index in [1.165, 1.54) is 30.3 Å². The number of carbonyl (C=O) groups is 1. The van der Waals surface area contributed by atoms with E-state index in [9.17, 15) is 14.4 Å². The van der Waals surface area contributed by atoms with Crippen LogP contribution >= 0.6 is 11.6 Å². The number of pyridine rings is 1. The molecule has 0 aliphatic rings. The number of rotatable bonds is 4. The van der Waals surface area contributed by atoms with Gasteiger partial charge in [-0.1, -0.05) is 23.7 Å².